The van der Waals surface area contributed by atoms with E-state index in [2.05, 4.69) is 12.6 Å². The molecular weight excluding hydrogens is 222 g/mol. The quantitative estimate of drug-likeness (QED) is 0.447. The predicted molar refractivity (Wildman–Crippen MR) is 57.4 cm³/mol. The first kappa shape index (κ1) is 9.29. The molecule has 1 N–H and O–H groups in total. The number of thiol groups is 1. The molecule has 0 aliphatic heterocycles. The van der Waals surface area contributed by atoms with Crippen molar-refractivity contribution in [3.05, 3.63) is 27.6 Å². The van der Waals surface area contributed by atoms with Gasteiger partial charge in [-0.05, 0) is 11.4 Å². The smallest absolute Gasteiger partial charge is 0.287 e. The van der Waals surface area contributed by atoms with E-state index in [0.717, 1.165) is 6.07 Å². The van der Waals surface area contributed by atoms with Gasteiger partial charge in [0.1, 0.15) is 5.75 Å². The maximum Gasteiger partial charge on any atom is 0.287 e. The second-order valence-corrected chi connectivity index (χ2v) is 4.05. The van der Waals surface area contributed by atoms with Crippen molar-refractivity contribution in [2.24, 2.45) is 0 Å². The summed E-state index contributed by atoms with van der Waals surface area (Å²) < 4.78 is 0.626. The highest BCUT2D eigenvalue weighted by atomic mass is 32.1. The summed E-state index contributed by atoms with van der Waals surface area (Å²) in [5.41, 5.74) is -0.170. The van der Waals surface area contributed by atoms with Crippen molar-refractivity contribution in [1.82, 2.24) is 0 Å². The number of nitrogens with zero attached hydrogens (tertiary/aromatic N) is 1. The Labute approximate surface area is 88.4 Å². The van der Waals surface area contributed by atoms with Crippen molar-refractivity contribution < 1.29 is 10.0 Å². The van der Waals surface area contributed by atoms with Crippen LogP contribution in [-0.2, 0) is 0 Å². The van der Waals surface area contributed by atoms with Gasteiger partial charge in [0, 0.05) is 5.39 Å². The maximum atomic E-state index is 10.6. The molecule has 72 valence electrons. The summed E-state index contributed by atoms with van der Waals surface area (Å²) in [7, 11) is 0. The topological polar surface area (TPSA) is 63.4 Å². The fraction of sp³-hybridized carbons (Fsp3) is 0. The number of phenols is 1. The molecule has 2 aromatic rings. The van der Waals surface area contributed by atoms with Gasteiger partial charge in [0.05, 0.1) is 20.6 Å². The predicted octanol–water partition coefficient (Wildman–Crippen LogP) is 2.80. The summed E-state index contributed by atoms with van der Waals surface area (Å²) in [5, 5.41) is 22.4. The van der Waals surface area contributed by atoms with E-state index in [1.165, 1.54) is 11.3 Å². The normalized spacial score (nSPS) is 10.6. The van der Waals surface area contributed by atoms with Gasteiger partial charge in [-0.15, -0.1) is 24.0 Å². The molecule has 0 bridgehead atoms. The lowest BCUT2D eigenvalue weighted by Gasteiger charge is -1.99. The Hall–Kier alpha value is -1.27. The first-order valence-electron chi connectivity index (χ1n) is 3.68. The largest absolute Gasteiger partial charge is 0.506 e. The van der Waals surface area contributed by atoms with Gasteiger partial charge in [-0.1, -0.05) is 0 Å². The number of fused-ring (bicyclic) bond motifs is 1. The van der Waals surface area contributed by atoms with Crippen LogP contribution in [0.2, 0.25) is 0 Å². The van der Waals surface area contributed by atoms with E-state index in [9.17, 15) is 15.2 Å². The minimum Gasteiger partial charge on any atom is -0.506 e. The average molecular weight is 227 g/mol. The van der Waals surface area contributed by atoms with Crippen LogP contribution in [-0.4, -0.2) is 10.0 Å². The Morgan fingerprint density at radius 3 is 2.93 bits per heavy atom. The number of rotatable bonds is 1. The van der Waals surface area contributed by atoms with Gasteiger partial charge in [-0.2, -0.15) is 0 Å². The minimum atomic E-state index is -0.556. The van der Waals surface area contributed by atoms with Gasteiger partial charge in [0.25, 0.3) is 5.69 Å². The summed E-state index contributed by atoms with van der Waals surface area (Å²) in [6.45, 7) is 0. The lowest BCUT2D eigenvalue weighted by Crippen LogP contribution is -1.89. The molecule has 1 aromatic heterocycles. The van der Waals surface area contributed by atoms with Crippen molar-refractivity contribution in [3.63, 3.8) is 0 Å². The minimum absolute atomic E-state index is 0.0699. The first-order valence-corrected chi connectivity index (χ1v) is 5.00. The van der Waals surface area contributed by atoms with Crippen LogP contribution in [0.5, 0.6) is 5.75 Å². The molecule has 0 aliphatic carbocycles. The van der Waals surface area contributed by atoms with Crippen LogP contribution in [0.25, 0.3) is 10.1 Å². The molecule has 0 unspecified atom stereocenters. The molecule has 0 radical (unpaired) electrons. The Morgan fingerprint density at radius 1 is 1.57 bits per heavy atom. The SMILES string of the molecule is O=[N+]([O-])c1cc(O)c2sccc2c1S. The molecule has 1 heterocycles. The molecular formula is C8H5NO3S2. The van der Waals surface area contributed by atoms with Gasteiger partial charge in [0.2, 0.25) is 0 Å². The van der Waals surface area contributed by atoms with Crippen molar-refractivity contribution in [2.45, 2.75) is 4.90 Å². The molecule has 1 aromatic carbocycles. The van der Waals surface area contributed by atoms with Crippen LogP contribution in [0.3, 0.4) is 0 Å². The van der Waals surface area contributed by atoms with Gasteiger partial charge in [0.15, 0.2) is 0 Å². The van der Waals surface area contributed by atoms with Crippen LogP contribution < -0.4 is 0 Å². The number of phenolic OH excluding ortho intramolecular Hbond substituents is 1. The van der Waals surface area contributed by atoms with E-state index in [1.54, 1.807) is 11.4 Å². The molecule has 0 saturated heterocycles. The second-order valence-electron chi connectivity index (χ2n) is 2.68. The molecule has 0 saturated carbocycles. The lowest BCUT2D eigenvalue weighted by atomic mass is 10.2. The molecule has 2 rings (SSSR count). The second kappa shape index (κ2) is 3.14. The van der Waals surface area contributed by atoms with Gasteiger partial charge >= 0.3 is 0 Å². The fourth-order valence-corrected chi connectivity index (χ4v) is 2.46. The Balaban J connectivity index is 2.88. The van der Waals surface area contributed by atoms with Crippen LogP contribution in [0.4, 0.5) is 5.69 Å². The average Bonchev–Trinajstić information content (AvgIpc) is 2.59. The van der Waals surface area contributed by atoms with Gasteiger partial charge in [-0.3, -0.25) is 10.1 Å². The van der Waals surface area contributed by atoms with E-state index in [1.807, 2.05) is 0 Å². The van der Waals surface area contributed by atoms with Crippen LogP contribution in [0.1, 0.15) is 0 Å². The van der Waals surface area contributed by atoms with Crippen LogP contribution >= 0.6 is 24.0 Å². The summed E-state index contributed by atoms with van der Waals surface area (Å²) in [6.07, 6.45) is 0. The molecule has 0 aliphatic rings. The van der Waals surface area contributed by atoms with E-state index in [4.69, 9.17) is 0 Å². The number of nitro groups is 1. The monoisotopic (exact) mass is 227 g/mol. The third kappa shape index (κ3) is 1.23. The number of benzene rings is 1. The zero-order valence-electron chi connectivity index (χ0n) is 6.80. The summed E-state index contributed by atoms with van der Waals surface area (Å²) >= 11 is 5.40. The maximum absolute atomic E-state index is 10.6. The molecule has 0 atom stereocenters. The molecule has 0 amide bonds. The molecule has 0 spiro atoms. The molecule has 14 heavy (non-hydrogen) atoms. The lowest BCUT2D eigenvalue weighted by molar-refractivity contribution is -0.387. The van der Waals surface area contributed by atoms with E-state index >= 15 is 0 Å². The number of thiophene rings is 1. The van der Waals surface area contributed by atoms with E-state index in [0.29, 0.717) is 15.0 Å². The highest BCUT2D eigenvalue weighted by Gasteiger charge is 2.17. The molecule has 6 heteroatoms. The molecule has 0 fully saturated rings. The highest BCUT2D eigenvalue weighted by Crippen LogP contribution is 2.39. The van der Waals surface area contributed by atoms with E-state index < -0.39 is 4.92 Å². The zero-order valence-corrected chi connectivity index (χ0v) is 8.51. The van der Waals surface area contributed by atoms with E-state index in [-0.39, 0.29) is 11.4 Å². The number of hydrogen-bond acceptors (Lipinski definition) is 5. The Kier molecular flexibility index (Phi) is 2.09. The zero-order chi connectivity index (χ0) is 10.3. The third-order valence-electron chi connectivity index (χ3n) is 1.87. The number of aromatic hydroxyl groups is 1. The van der Waals surface area contributed by atoms with Crippen LogP contribution in [0.15, 0.2) is 22.4 Å². The van der Waals surface area contributed by atoms with Crippen molar-refractivity contribution in [1.29, 1.82) is 0 Å². The summed E-state index contributed by atoms with van der Waals surface area (Å²) in [6, 6.07) is 2.83. The van der Waals surface area contributed by atoms with Crippen molar-refractivity contribution >= 4 is 39.7 Å². The summed E-state index contributed by atoms with van der Waals surface area (Å²) in [5.74, 6) is -0.0699. The Bertz CT molecular complexity index is 521. The van der Waals surface area contributed by atoms with Crippen molar-refractivity contribution in [3.8, 4) is 5.75 Å². The van der Waals surface area contributed by atoms with Gasteiger partial charge < -0.3 is 5.11 Å². The van der Waals surface area contributed by atoms with Gasteiger partial charge in [-0.25, -0.2) is 0 Å². The number of nitro benzene ring substituents is 1. The van der Waals surface area contributed by atoms with Crippen LogP contribution in [0, 0.1) is 10.1 Å². The Morgan fingerprint density at radius 2 is 2.29 bits per heavy atom. The summed E-state index contributed by atoms with van der Waals surface area (Å²) in [4.78, 5) is 10.3. The highest BCUT2D eigenvalue weighted by molar-refractivity contribution is 7.80. The number of hydrogen-bond donors (Lipinski definition) is 2. The first-order chi connectivity index (χ1) is 6.61. The van der Waals surface area contributed by atoms with Crippen molar-refractivity contribution in [2.75, 3.05) is 0 Å². The molecule has 4 nitrogen and oxygen atoms in total. The standard InChI is InChI=1S/C8H5NO3S2/c10-6-3-5(9(11)12)7(13)4-1-2-14-8(4)6/h1-3,10,13H. The third-order valence-corrected chi connectivity index (χ3v) is 3.27. The fourth-order valence-electron chi connectivity index (χ4n) is 1.23.